The molecule has 3 fully saturated rings. The molecule has 1 spiro atoms. The lowest BCUT2D eigenvalue weighted by molar-refractivity contribution is -0.154. The Bertz CT molecular complexity index is 738. The quantitative estimate of drug-likeness (QED) is 0.299. The van der Waals surface area contributed by atoms with Gasteiger partial charge in [0.25, 0.3) is 0 Å². The molecule has 3 heterocycles. The van der Waals surface area contributed by atoms with Crippen LogP contribution in [0.4, 0.5) is 0 Å². The van der Waals surface area contributed by atoms with Gasteiger partial charge in [0, 0.05) is 25.7 Å². The Labute approximate surface area is 183 Å². The van der Waals surface area contributed by atoms with E-state index in [9.17, 15) is 19.5 Å². The number of fused-ring (bicyclic) bond motifs is 1. The SMILES string of the molecule is C=CCOC(=O)[C@@H]1[C@@H]2CCC3(O2)C(C(=O)N(CC=C)C(C)C)N(CCCCO)C(=O)[C@H]13. The number of amides is 2. The van der Waals surface area contributed by atoms with Crippen molar-refractivity contribution < 1.29 is 29.0 Å². The van der Waals surface area contributed by atoms with Crippen LogP contribution in [0.2, 0.25) is 0 Å². The lowest BCUT2D eigenvalue weighted by Crippen LogP contribution is -2.57. The molecule has 0 saturated carbocycles. The number of aliphatic hydroxyl groups is 1. The second-order valence-corrected chi connectivity index (χ2v) is 8.81. The maximum absolute atomic E-state index is 13.8. The Morgan fingerprint density at radius 2 is 2.10 bits per heavy atom. The average molecular weight is 435 g/mol. The molecule has 2 unspecified atom stereocenters. The van der Waals surface area contributed by atoms with Gasteiger partial charge in [-0.15, -0.1) is 6.58 Å². The monoisotopic (exact) mass is 434 g/mol. The number of hydrogen-bond acceptors (Lipinski definition) is 6. The van der Waals surface area contributed by atoms with Gasteiger partial charge < -0.3 is 24.4 Å². The van der Waals surface area contributed by atoms with Gasteiger partial charge in [0.15, 0.2) is 0 Å². The van der Waals surface area contributed by atoms with E-state index >= 15 is 0 Å². The molecule has 8 heteroatoms. The average Bonchev–Trinajstić information content (AvgIpc) is 3.37. The van der Waals surface area contributed by atoms with Gasteiger partial charge in [-0.1, -0.05) is 18.7 Å². The molecule has 31 heavy (non-hydrogen) atoms. The van der Waals surface area contributed by atoms with E-state index in [1.54, 1.807) is 15.9 Å². The number of esters is 1. The number of unbranched alkanes of at least 4 members (excludes halogenated alkanes) is 1. The number of nitrogens with zero attached hydrogens (tertiary/aromatic N) is 2. The molecule has 3 rings (SSSR count). The molecule has 2 amide bonds. The number of likely N-dealkylation sites (tertiary alicyclic amines) is 1. The van der Waals surface area contributed by atoms with Crippen LogP contribution in [0.3, 0.4) is 0 Å². The molecule has 2 bridgehead atoms. The topological polar surface area (TPSA) is 96.4 Å². The molecule has 3 saturated heterocycles. The van der Waals surface area contributed by atoms with Crippen molar-refractivity contribution in [1.82, 2.24) is 9.80 Å². The minimum absolute atomic E-state index is 0.0128. The van der Waals surface area contributed by atoms with Gasteiger partial charge in [-0.05, 0) is 39.5 Å². The van der Waals surface area contributed by atoms with E-state index in [2.05, 4.69) is 13.2 Å². The molecule has 3 aliphatic rings. The first-order valence-electron chi connectivity index (χ1n) is 11.1. The second-order valence-electron chi connectivity index (χ2n) is 8.81. The maximum atomic E-state index is 13.8. The van der Waals surface area contributed by atoms with Crippen LogP contribution in [0.1, 0.15) is 39.5 Å². The summed E-state index contributed by atoms with van der Waals surface area (Å²) in [6.07, 6.45) is 4.98. The molecule has 3 aliphatic heterocycles. The number of rotatable bonds is 11. The van der Waals surface area contributed by atoms with Crippen molar-refractivity contribution in [2.75, 3.05) is 26.3 Å². The van der Waals surface area contributed by atoms with Crippen molar-refractivity contribution in [1.29, 1.82) is 0 Å². The lowest BCUT2D eigenvalue weighted by Gasteiger charge is -2.38. The van der Waals surface area contributed by atoms with E-state index in [1.165, 1.54) is 6.08 Å². The van der Waals surface area contributed by atoms with Crippen LogP contribution >= 0.6 is 0 Å². The molecular formula is C23H34N2O6. The summed E-state index contributed by atoms with van der Waals surface area (Å²) in [7, 11) is 0. The first kappa shape index (κ1) is 23.5. The Morgan fingerprint density at radius 3 is 2.71 bits per heavy atom. The third-order valence-electron chi connectivity index (χ3n) is 6.69. The Kier molecular flexibility index (Phi) is 7.21. The molecule has 0 aromatic carbocycles. The molecule has 0 aliphatic carbocycles. The zero-order valence-electron chi connectivity index (χ0n) is 18.5. The number of ether oxygens (including phenoxy) is 2. The van der Waals surface area contributed by atoms with Gasteiger partial charge in [-0.25, -0.2) is 0 Å². The Morgan fingerprint density at radius 1 is 1.35 bits per heavy atom. The first-order chi connectivity index (χ1) is 14.8. The van der Waals surface area contributed by atoms with Gasteiger partial charge in [0.2, 0.25) is 11.8 Å². The summed E-state index contributed by atoms with van der Waals surface area (Å²) < 4.78 is 11.6. The third-order valence-corrected chi connectivity index (χ3v) is 6.69. The van der Waals surface area contributed by atoms with Gasteiger partial charge in [0.05, 0.1) is 17.9 Å². The van der Waals surface area contributed by atoms with E-state index < -0.39 is 35.6 Å². The fourth-order valence-corrected chi connectivity index (χ4v) is 5.42. The van der Waals surface area contributed by atoms with Crippen LogP contribution in [0, 0.1) is 11.8 Å². The van der Waals surface area contributed by atoms with Gasteiger partial charge >= 0.3 is 5.97 Å². The van der Waals surface area contributed by atoms with Crippen molar-refractivity contribution in [2.24, 2.45) is 11.8 Å². The van der Waals surface area contributed by atoms with E-state index in [1.807, 2.05) is 13.8 Å². The highest BCUT2D eigenvalue weighted by molar-refractivity contribution is 5.98. The highest BCUT2D eigenvalue weighted by Crippen LogP contribution is 2.58. The standard InChI is InChI=1S/C23H34N2O6/c1-5-11-24(15(3)4)21(28)19-23-10-9-16(31-23)17(22(29)30-14-6-2)18(23)20(27)25(19)12-7-8-13-26/h5-6,15-19,26H,1-2,7-14H2,3-4H3/t16-,17+,18-,19?,23?/m0/s1. The van der Waals surface area contributed by atoms with E-state index in [4.69, 9.17) is 9.47 Å². The number of aliphatic hydroxyl groups excluding tert-OH is 1. The predicted molar refractivity (Wildman–Crippen MR) is 114 cm³/mol. The van der Waals surface area contributed by atoms with Gasteiger partial charge in [-0.2, -0.15) is 0 Å². The summed E-state index contributed by atoms with van der Waals surface area (Å²) in [4.78, 5) is 43.4. The van der Waals surface area contributed by atoms with Crippen molar-refractivity contribution in [3.63, 3.8) is 0 Å². The second kappa shape index (κ2) is 9.53. The van der Waals surface area contributed by atoms with Crippen LogP contribution in [0.25, 0.3) is 0 Å². The summed E-state index contributed by atoms with van der Waals surface area (Å²) in [6.45, 7) is 11.9. The van der Waals surface area contributed by atoms with Crippen molar-refractivity contribution >= 4 is 17.8 Å². The van der Waals surface area contributed by atoms with Gasteiger partial charge in [0.1, 0.15) is 18.2 Å². The predicted octanol–water partition coefficient (Wildman–Crippen LogP) is 1.29. The highest BCUT2D eigenvalue weighted by Gasteiger charge is 2.75. The fraction of sp³-hybridized carbons (Fsp3) is 0.696. The molecule has 0 radical (unpaired) electrons. The van der Waals surface area contributed by atoms with E-state index in [0.717, 1.165) is 0 Å². The van der Waals surface area contributed by atoms with Crippen LogP contribution < -0.4 is 0 Å². The van der Waals surface area contributed by atoms with Crippen LogP contribution in [0.5, 0.6) is 0 Å². The minimum Gasteiger partial charge on any atom is -0.461 e. The summed E-state index contributed by atoms with van der Waals surface area (Å²) in [5.74, 6) is -2.34. The van der Waals surface area contributed by atoms with Crippen molar-refractivity contribution in [3.05, 3.63) is 25.3 Å². The molecule has 1 N–H and O–H groups in total. The molecule has 8 nitrogen and oxygen atoms in total. The van der Waals surface area contributed by atoms with Crippen molar-refractivity contribution in [3.8, 4) is 0 Å². The summed E-state index contributed by atoms with van der Waals surface area (Å²) >= 11 is 0. The summed E-state index contributed by atoms with van der Waals surface area (Å²) in [5, 5.41) is 9.19. The van der Waals surface area contributed by atoms with Crippen molar-refractivity contribution in [2.45, 2.75) is 63.3 Å². The molecule has 0 aromatic heterocycles. The smallest absolute Gasteiger partial charge is 0.312 e. The number of carbonyl (C=O) groups excluding carboxylic acids is 3. The number of hydrogen-bond donors (Lipinski definition) is 1. The minimum atomic E-state index is -1.02. The summed E-state index contributed by atoms with van der Waals surface area (Å²) in [5.41, 5.74) is -1.02. The largest absolute Gasteiger partial charge is 0.461 e. The molecule has 0 aromatic rings. The van der Waals surface area contributed by atoms with E-state index in [0.29, 0.717) is 38.8 Å². The normalized spacial score (nSPS) is 31.1. The fourth-order valence-electron chi connectivity index (χ4n) is 5.42. The van der Waals surface area contributed by atoms with E-state index in [-0.39, 0.29) is 31.1 Å². The molecule has 5 atom stereocenters. The Balaban J connectivity index is 1.98. The van der Waals surface area contributed by atoms with Crippen LogP contribution in [-0.4, -0.2) is 82.8 Å². The van der Waals surface area contributed by atoms with Crippen LogP contribution in [0.15, 0.2) is 25.3 Å². The molecule has 172 valence electrons. The number of carbonyl (C=O) groups is 3. The molecular weight excluding hydrogens is 400 g/mol. The third kappa shape index (κ3) is 3.91. The Hall–Kier alpha value is -2.19. The first-order valence-corrected chi connectivity index (χ1v) is 11.1. The highest BCUT2D eigenvalue weighted by atomic mass is 16.6. The van der Waals surface area contributed by atoms with Gasteiger partial charge in [-0.3, -0.25) is 14.4 Å². The zero-order chi connectivity index (χ0) is 22.8. The van der Waals surface area contributed by atoms with Crippen LogP contribution in [-0.2, 0) is 23.9 Å². The lowest BCUT2D eigenvalue weighted by atomic mass is 9.70. The summed E-state index contributed by atoms with van der Waals surface area (Å²) in [6, 6.07) is -0.879. The zero-order valence-corrected chi connectivity index (χ0v) is 18.5. The maximum Gasteiger partial charge on any atom is 0.312 e.